The van der Waals surface area contributed by atoms with Crippen molar-refractivity contribution in [3.63, 3.8) is 0 Å². The van der Waals surface area contributed by atoms with Gasteiger partial charge >= 0.3 is 0 Å². The number of aromatic amines is 1. The Kier molecular flexibility index (Phi) is 2.18. The zero-order valence-corrected chi connectivity index (χ0v) is 9.37. The summed E-state index contributed by atoms with van der Waals surface area (Å²) in [5, 5.41) is 0. The maximum absolute atomic E-state index is 13.1. The fourth-order valence-electron chi connectivity index (χ4n) is 1.90. The second-order valence-corrected chi connectivity index (χ2v) is 4.12. The van der Waals surface area contributed by atoms with E-state index < -0.39 is 0 Å². The van der Waals surface area contributed by atoms with Crippen molar-refractivity contribution in [2.24, 2.45) is 0 Å². The Bertz CT molecular complexity index is 686. The van der Waals surface area contributed by atoms with Gasteiger partial charge in [-0.2, -0.15) is 0 Å². The number of aryl methyl sites for hydroxylation is 1. The fraction of sp³-hybridized carbons (Fsp3) is 0.0714. The number of fused-ring (bicyclic) bond motifs is 1. The molecule has 2 nitrogen and oxygen atoms in total. The van der Waals surface area contributed by atoms with Gasteiger partial charge in [0.25, 0.3) is 0 Å². The zero-order chi connectivity index (χ0) is 11.8. The van der Waals surface area contributed by atoms with Crippen LogP contribution in [0.2, 0.25) is 0 Å². The van der Waals surface area contributed by atoms with Crippen LogP contribution in [0.1, 0.15) is 5.56 Å². The maximum Gasteiger partial charge on any atom is 0.138 e. The number of imidazole rings is 1. The third kappa shape index (κ3) is 1.80. The summed E-state index contributed by atoms with van der Waals surface area (Å²) < 4.78 is 13.1. The Morgan fingerprint density at radius 1 is 1.12 bits per heavy atom. The Morgan fingerprint density at radius 3 is 2.82 bits per heavy atom. The van der Waals surface area contributed by atoms with Crippen LogP contribution in [-0.2, 0) is 0 Å². The number of nitrogens with zero attached hydrogens (tertiary/aromatic N) is 1. The summed E-state index contributed by atoms with van der Waals surface area (Å²) >= 11 is 0. The average Bonchev–Trinajstić information content (AvgIpc) is 2.72. The van der Waals surface area contributed by atoms with Crippen LogP contribution < -0.4 is 0 Å². The molecular formula is C14H11FN2. The van der Waals surface area contributed by atoms with E-state index >= 15 is 0 Å². The number of benzene rings is 2. The van der Waals surface area contributed by atoms with Crippen LogP contribution in [0.25, 0.3) is 22.4 Å². The van der Waals surface area contributed by atoms with Crippen LogP contribution in [0.15, 0.2) is 42.5 Å². The number of aromatic nitrogens is 2. The summed E-state index contributed by atoms with van der Waals surface area (Å²) in [6.07, 6.45) is 0. The molecule has 0 unspecified atom stereocenters. The van der Waals surface area contributed by atoms with Crippen LogP contribution in [0.4, 0.5) is 4.39 Å². The molecule has 0 aliphatic carbocycles. The van der Waals surface area contributed by atoms with E-state index in [1.54, 1.807) is 6.07 Å². The highest BCUT2D eigenvalue weighted by Gasteiger charge is 2.05. The molecule has 3 heteroatoms. The molecule has 0 radical (unpaired) electrons. The number of nitrogens with one attached hydrogen (secondary N) is 1. The van der Waals surface area contributed by atoms with Crippen LogP contribution >= 0.6 is 0 Å². The minimum Gasteiger partial charge on any atom is -0.338 e. The Balaban J connectivity index is 2.18. The highest BCUT2D eigenvalue weighted by atomic mass is 19.1. The molecule has 0 saturated carbocycles. The second-order valence-electron chi connectivity index (χ2n) is 4.12. The summed E-state index contributed by atoms with van der Waals surface area (Å²) in [7, 11) is 0. The van der Waals surface area contributed by atoms with Gasteiger partial charge in [-0.1, -0.05) is 18.2 Å². The predicted octanol–water partition coefficient (Wildman–Crippen LogP) is 3.68. The van der Waals surface area contributed by atoms with Gasteiger partial charge in [0, 0.05) is 5.56 Å². The Morgan fingerprint density at radius 2 is 2.00 bits per heavy atom. The number of H-pyrrole nitrogens is 1. The molecule has 3 rings (SSSR count). The lowest BCUT2D eigenvalue weighted by Crippen LogP contribution is -1.81. The molecule has 0 aliphatic heterocycles. The summed E-state index contributed by atoms with van der Waals surface area (Å²) in [4.78, 5) is 7.65. The number of hydrogen-bond acceptors (Lipinski definition) is 1. The van der Waals surface area contributed by atoms with Crippen LogP contribution in [0.5, 0.6) is 0 Å². The molecule has 17 heavy (non-hydrogen) atoms. The Hall–Kier alpha value is -2.16. The number of halogens is 1. The molecule has 0 aliphatic rings. The van der Waals surface area contributed by atoms with Gasteiger partial charge in [-0.3, -0.25) is 0 Å². The zero-order valence-electron chi connectivity index (χ0n) is 9.37. The molecule has 1 aromatic heterocycles. The first kappa shape index (κ1) is 10.0. The first-order chi connectivity index (χ1) is 8.22. The van der Waals surface area contributed by atoms with Crippen molar-refractivity contribution in [2.45, 2.75) is 6.92 Å². The fourth-order valence-corrected chi connectivity index (χ4v) is 1.90. The molecule has 3 aromatic rings. The molecule has 0 saturated heterocycles. The van der Waals surface area contributed by atoms with Gasteiger partial charge < -0.3 is 4.98 Å². The van der Waals surface area contributed by atoms with E-state index in [9.17, 15) is 4.39 Å². The van der Waals surface area contributed by atoms with Crippen LogP contribution in [-0.4, -0.2) is 9.97 Å². The van der Waals surface area contributed by atoms with Gasteiger partial charge in [-0.05, 0) is 36.8 Å². The monoisotopic (exact) mass is 226 g/mol. The van der Waals surface area contributed by atoms with Crippen LogP contribution in [0, 0.1) is 12.7 Å². The summed E-state index contributed by atoms with van der Waals surface area (Å²) in [5.74, 6) is 0.448. The third-order valence-corrected chi connectivity index (χ3v) is 2.74. The van der Waals surface area contributed by atoms with E-state index in [0.29, 0.717) is 5.82 Å². The van der Waals surface area contributed by atoms with Crippen molar-refractivity contribution in [3.8, 4) is 11.4 Å². The standard InChI is InChI=1S/C14H11FN2/c1-9-5-6-12-13(7-9)17-14(16-12)10-3-2-4-11(15)8-10/h2-8H,1H3,(H,16,17). The molecule has 0 bridgehead atoms. The smallest absolute Gasteiger partial charge is 0.138 e. The molecule has 1 N–H and O–H groups in total. The van der Waals surface area contributed by atoms with Crippen molar-refractivity contribution in [3.05, 3.63) is 53.8 Å². The number of hydrogen-bond donors (Lipinski definition) is 1. The van der Waals surface area contributed by atoms with Gasteiger partial charge in [0.1, 0.15) is 11.6 Å². The van der Waals surface area contributed by atoms with Gasteiger partial charge in [-0.15, -0.1) is 0 Å². The maximum atomic E-state index is 13.1. The van der Waals surface area contributed by atoms with E-state index in [-0.39, 0.29) is 5.82 Å². The lowest BCUT2D eigenvalue weighted by molar-refractivity contribution is 0.628. The van der Waals surface area contributed by atoms with Crippen molar-refractivity contribution >= 4 is 11.0 Å². The van der Waals surface area contributed by atoms with Gasteiger partial charge in [0.15, 0.2) is 0 Å². The van der Waals surface area contributed by atoms with E-state index in [2.05, 4.69) is 9.97 Å². The van der Waals surface area contributed by atoms with Crippen molar-refractivity contribution < 1.29 is 4.39 Å². The van der Waals surface area contributed by atoms with E-state index in [1.807, 2.05) is 31.2 Å². The molecule has 84 valence electrons. The van der Waals surface area contributed by atoms with Crippen LogP contribution in [0.3, 0.4) is 0 Å². The van der Waals surface area contributed by atoms with Crippen molar-refractivity contribution in [1.29, 1.82) is 0 Å². The molecular weight excluding hydrogens is 215 g/mol. The summed E-state index contributed by atoms with van der Waals surface area (Å²) in [5.41, 5.74) is 3.81. The first-order valence-corrected chi connectivity index (χ1v) is 5.45. The minimum atomic E-state index is -0.251. The highest BCUT2D eigenvalue weighted by molar-refractivity contribution is 5.79. The normalized spacial score (nSPS) is 10.9. The van der Waals surface area contributed by atoms with Gasteiger partial charge in [0.05, 0.1) is 11.0 Å². The quantitative estimate of drug-likeness (QED) is 0.673. The molecule has 2 aromatic carbocycles. The first-order valence-electron chi connectivity index (χ1n) is 5.45. The number of rotatable bonds is 1. The van der Waals surface area contributed by atoms with Crippen molar-refractivity contribution in [2.75, 3.05) is 0 Å². The highest BCUT2D eigenvalue weighted by Crippen LogP contribution is 2.21. The molecule has 0 amide bonds. The predicted molar refractivity (Wildman–Crippen MR) is 66.2 cm³/mol. The topological polar surface area (TPSA) is 28.7 Å². The average molecular weight is 226 g/mol. The van der Waals surface area contributed by atoms with Gasteiger partial charge in [0.2, 0.25) is 0 Å². The lowest BCUT2D eigenvalue weighted by Gasteiger charge is -1.95. The summed E-state index contributed by atoms with van der Waals surface area (Å²) in [6.45, 7) is 2.03. The van der Waals surface area contributed by atoms with E-state index in [0.717, 1.165) is 16.6 Å². The molecule has 0 spiro atoms. The second kappa shape index (κ2) is 3.70. The SMILES string of the molecule is Cc1ccc2nc(-c3cccc(F)c3)[nH]c2c1. The van der Waals surface area contributed by atoms with E-state index in [4.69, 9.17) is 0 Å². The minimum absolute atomic E-state index is 0.251. The summed E-state index contributed by atoms with van der Waals surface area (Å²) in [6, 6.07) is 12.4. The molecule has 0 fully saturated rings. The van der Waals surface area contributed by atoms with Crippen molar-refractivity contribution in [1.82, 2.24) is 9.97 Å². The Labute approximate surface area is 98.1 Å². The largest absolute Gasteiger partial charge is 0.338 e. The molecule has 1 heterocycles. The lowest BCUT2D eigenvalue weighted by atomic mass is 10.2. The van der Waals surface area contributed by atoms with E-state index in [1.165, 1.54) is 17.7 Å². The third-order valence-electron chi connectivity index (χ3n) is 2.74. The molecule has 0 atom stereocenters. The van der Waals surface area contributed by atoms with Gasteiger partial charge in [-0.25, -0.2) is 9.37 Å².